The highest BCUT2D eigenvalue weighted by Gasteiger charge is 2.30. The molecule has 0 spiro atoms. The molecule has 3 rings (SSSR count). The first-order chi connectivity index (χ1) is 11.0. The van der Waals surface area contributed by atoms with Crippen LogP contribution in [0.15, 0.2) is 48.5 Å². The standard InChI is InChI=1S/C19H20ClNO2/c1-19(23,15-7-3-2-4-8-15)12-18(22)21-11-10-16-14(13-21)6-5-9-17(16)20/h2-9,23H,10-13H2,1H3. The second-order valence-electron chi connectivity index (χ2n) is 6.26. The molecule has 1 unspecified atom stereocenters. The predicted molar refractivity (Wildman–Crippen MR) is 91.2 cm³/mol. The third-order valence-corrected chi connectivity index (χ3v) is 4.81. The van der Waals surface area contributed by atoms with Crippen molar-refractivity contribution in [3.05, 3.63) is 70.2 Å². The van der Waals surface area contributed by atoms with Crippen LogP contribution in [-0.2, 0) is 23.4 Å². The Morgan fingerprint density at radius 2 is 1.96 bits per heavy atom. The molecule has 3 nitrogen and oxygen atoms in total. The van der Waals surface area contributed by atoms with Crippen LogP contribution in [0.4, 0.5) is 0 Å². The number of rotatable bonds is 3. The average molecular weight is 330 g/mol. The smallest absolute Gasteiger partial charge is 0.226 e. The van der Waals surface area contributed by atoms with Gasteiger partial charge in [-0.15, -0.1) is 0 Å². The van der Waals surface area contributed by atoms with E-state index in [-0.39, 0.29) is 12.3 Å². The summed E-state index contributed by atoms with van der Waals surface area (Å²) in [5, 5.41) is 11.4. The summed E-state index contributed by atoms with van der Waals surface area (Å²) >= 11 is 6.21. The number of fused-ring (bicyclic) bond motifs is 1. The van der Waals surface area contributed by atoms with Crippen molar-refractivity contribution >= 4 is 17.5 Å². The highest BCUT2D eigenvalue weighted by molar-refractivity contribution is 6.31. The Bertz CT molecular complexity index is 713. The first-order valence-corrected chi connectivity index (χ1v) is 8.17. The average Bonchev–Trinajstić information content (AvgIpc) is 2.55. The zero-order valence-electron chi connectivity index (χ0n) is 13.1. The van der Waals surface area contributed by atoms with Gasteiger partial charge in [-0.25, -0.2) is 0 Å². The molecule has 0 fully saturated rings. The third-order valence-electron chi connectivity index (χ3n) is 4.45. The fourth-order valence-electron chi connectivity index (χ4n) is 3.08. The number of amides is 1. The van der Waals surface area contributed by atoms with Crippen LogP contribution in [0.1, 0.15) is 30.0 Å². The van der Waals surface area contributed by atoms with Gasteiger partial charge >= 0.3 is 0 Å². The number of carbonyl (C=O) groups is 1. The van der Waals surface area contributed by atoms with Gasteiger partial charge in [-0.3, -0.25) is 4.79 Å². The third kappa shape index (κ3) is 3.41. The molecule has 4 heteroatoms. The van der Waals surface area contributed by atoms with E-state index < -0.39 is 5.60 Å². The van der Waals surface area contributed by atoms with Gasteiger partial charge in [-0.2, -0.15) is 0 Å². The van der Waals surface area contributed by atoms with Crippen molar-refractivity contribution in [1.82, 2.24) is 4.90 Å². The minimum atomic E-state index is -1.16. The molecule has 1 aliphatic rings. The van der Waals surface area contributed by atoms with Crippen LogP contribution in [0.25, 0.3) is 0 Å². The van der Waals surface area contributed by atoms with E-state index in [4.69, 9.17) is 11.6 Å². The van der Waals surface area contributed by atoms with Crippen molar-refractivity contribution in [2.24, 2.45) is 0 Å². The maximum atomic E-state index is 12.6. The van der Waals surface area contributed by atoms with Crippen LogP contribution >= 0.6 is 11.6 Å². The molecule has 1 amide bonds. The molecule has 0 saturated heterocycles. The van der Waals surface area contributed by atoms with Crippen LogP contribution in [0.3, 0.4) is 0 Å². The molecule has 0 aromatic heterocycles. The second-order valence-corrected chi connectivity index (χ2v) is 6.67. The predicted octanol–water partition coefficient (Wildman–Crippen LogP) is 3.52. The summed E-state index contributed by atoms with van der Waals surface area (Å²) in [6.45, 7) is 2.88. The Morgan fingerprint density at radius 3 is 2.70 bits per heavy atom. The molecule has 2 aromatic rings. The molecule has 1 N–H and O–H groups in total. The monoisotopic (exact) mass is 329 g/mol. The number of hydrogen-bond donors (Lipinski definition) is 1. The van der Waals surface area contributed by atoms with Crippen molar-refractivity contribution in [1.29, 1.82) is 0 Å². The van der Waals surface area contributed by atoms with Crippen LogP contribution < -0.4 is 0 Å². The van der Waals surface area contributed by atoms with E-state index in [0.29, 0.717) is 13.1 Å². The number of carbonyl (C=O) groups excluding carboxylic acids is 1. The van der Waals surface area contributed by atoms with Gasteiger partial charge in [0, 0.05) is 18.1 Å². The molecule has 1 aliphatic heterocycles. The molecule has 2 aromatic carbocycles. The first kappa shape index (κ1) is 16.0. The van der Waals surface area contributed by atoms with Crippen LogP contribution in [0.5, 0.6) is 0 Å². The number of hydrogen-bond acceptors (Lipinski definition) is 2. The molecule has 0 saturated carbocycles. The SMILES string of the molecule is CC(O)(CC(=O)N1CCc2c(Cl)cccc2C1)c1ccccc1. The Balaban J connectivity index is 1.72. The summed E-state index contributed by atoms with van der Waals surface area (Å²) in [6, 6.07) is 15.1. The van der Waals surface area contributed by atoms with Crippen molar-refractivity contribution in [2.75, 3.05) is 6.54 Å². The highest BCUT2D eigenvalue weighted by Crippen LogP contribution is 2.29. The van der Waals surface area contributed by atoms with E-state index in [1.807, 2.05) is 48.5 Å². The van der Waals surface area contributed by atoms with E-state index in [9.17, 15) is 9.90 Å². The lowest BCUT2D eigenvalue weighted by atomic mass is 9.91. The summed E-state index contributed by atoms with van der Waals surface area (Å²) in [7, 11) is 0. The molecular formula is C19H20ClNO2. The summed E-state index contributed by atoms with van der Waals surface area (Å²) in [5.41, 5.74) is 1.82. The van der Waals surface area contributed by atoms with E-state index in [2.05, 4.69) is 0 Å². The number of nitrogens with zero attached hydrogens (tertiary/aromatic N) is 1. The van der Waals surface area contributed by atoms with Crippen molar-refractivity contribution in [2.45, 2.75) is 31.9 Å². The van der Waals surface area contributed by atoms with Gasteiger partial charge in [-0.05, 0) is 36.1 Å². The van der Waals surface area contributed by atoms with Gasteiger partial charge < -0.3 is 10.0 Å². The second kappa shape index (κ2) is 6.34. The van der Waals surface area contributed by atoms with E-state index >= 15 is 0 Å². The minimum absolute atomic E-state index is 0.0375. The van der Waals surface area contributed by atoms with E-state index in [1.54, 1.807) is 11.8 Å². The normalized spacial score (nSPS) is 16.6. The summed E-state index contributed by atoms with van der Waals surface area (Å²) in [6.07, 6.45) is 0.834. The van der Waals surface area contributed by atoms with Gasteiger partial charge in [0.15, 0.2) is 0 Å². The fraction of sp³-hybridized carbons (Fsp3) is 0.316. The van der Waals surface area contributed by atoms with E-state index in [0.717, 1.165) is 28.1 Å². The molecule has 0 aliphatic carbocycles. The fourth-order valence-corrected chi connectivity index (χ4v) is 3.37. The Kier molecular flexibility index (Phi) is 4.42. The summed E-state index contributed by atoms with van der Waals surface area (Å²) in [5.74, 6) is -0.0375. The van der Waals surface area contributed by atoms with Crippen LogP contribution in [0, 0.1) is 0 Å². The Labute approximate surface area is 141 Å². The van der Waals surface area contributed by atoms with Crippen LogP contribution in [-0.4, -0.2) is 22.5 Å². The highest BCUT2D eigenvalue weighted by atomic mass is 35.5. The van der Waals surface area contributed by atoms with Gasteiger partial charge in [0.1, 0.15) is 0 Å². The van der Waals surface area contributed by atoms with Gasteiger partial charge in [0.25, 0.3) is 0 Å². The maximum absolute atomic E-state index is 12.6. The lowest BCUT2D eigenvalue weighted by Gasteiger charge is -2.32. The zero-order valence-corrected chi connectivity index (χ0v) is 13.9. The lowest BCUT2D eigenvalue weighted by molar-refractivity contribution is -0.137. The summed E-state index contributed by atoms with van der Waals surface area (Å²) in [4.78, 5) is 14.4. The Morgan fingerprint density at radius 1 is 1.22 bits per heavy atom. The molecule has 0 radical (unpaired) electrons. The van der Waals surface area contributed by atoms with Crippen molar-refractivity contribution < 1.29 is 9.90 Å². The lowest BCUT2D eigenvalue weighted by Crippen LogP contribution is -2.39. The molecule has 23 heavy (non-hydrogen) atoms. The molecule has 1 atom stereocenters. The zero-order chi connectivity index (χ0) is 16.4. The number of halogens is 1. The largest absolute Gasteiger partial charge is 0.385 e. The van der Waals surface area contributed by atoms with E-state index in [1.165, 1.54) is 0 Å². The quantitative estimate of drug-likeness (QED) is 0.936. The molecule has 120 valence electrons. The van der Waals surface area contributed by atoms with Gasteiger partial charge in [0.2, 0.25) is 5.91 Å². The molecular weight excluding hydrogens is 310 g/mol. The molecule has 1 heterocycles. The Hall–Kier alpha value is -1.84. The van der Waals surface area contributed by atoms with Crippen molar-refractivity contribution in [3.63, 3.8) is 0 Å². The van der Waals surface area contributed by atoms with Crippen LogP contribution in [0.2, 0.25) is 5.02 Å². The van der Waals surface area contributed by atoms with Gasteiger partial charge in [0.05, 0.1) is 12.0 Å². The molecule has 0 bridgehead atoms. The number of aliphatic hydroxyl groups is 1. The first-order valence-electron chi connectivity index (χ1n) is 7.79. The topological polar surface area (TPSA) is 40.5 Å². The summed E-state index contributed by atoms with van der Waals surface area (Å²) < 4.78 is 0. The van der Waals surface area contributed by atoms with Crippen molar-refractivity contribution in [3.8, 4) is 0 Å². The minimum Gasteiger partial charge on any atom is -0.385 e. The van der Waals surface area contributed by atoms with Gasteiger partial charge in [-0.1, -0.05) is 54.1 Å². The number of benzene rings is 2. The maximum Gasteiger partial charge on any atom is 0.226 e.